The van der Waals surface area contributed by atoms with E-state index in [9.17, 15) is 0 Å². The van der Waals surface area contributed by atoms with Crippen molar-refractivity contribution >= 4 is 17.0 Å². The summed E-state index contributed by atoms with van der Waals surface area (Å²) in [6.07, 6.45) is 0. The third-order valence-electron chi connectivity index (χ3n) is 2.33. The number of nitrogens with two attached hydrogens (primary N) is 2. The van der Waals surface area contributed by atoms with E-state index in [2.05, 4.69) is 4.98 Å². The van der Waals surface area contributed by atoms with Crippen LogP contribution in [0, 0.1) is 13.8 Å². The molecule has 0 fully saturated rings. The van der Waals surface area contributed by atoms with Crippen molar-refractivity contribution in [2.75, 3.05) is 11.6 Å². The molecule has 0 aliphatic rings. The highest BCUT2D eigenvalue weighted by Crippen LogP contribution is 2.19. The van der Waals surface area contributed by atoms with Crippen molar-refractivity contribution in [2.24, 2.45) is 0 Å². The van der Waals surface area contributed by atoms with Crippen molar-refractivity contribution in [3.05, 3.63) is 23.3 Å². The van der Waals surface area contributed by atoms with Crippen molar-refractivity contribution in [2.45, 2.75) is 13.8 Å². The summed E-state index contributed by atoms with van der Waals surface area (Å²) in [5, 5.41) is 0. The van der Waals surface area contributed by atoms with Crippen LogP contribution in [-0.4, -0.2) is 9.66 Å². The average Bonchev–Trinajstić information content (AvgIpc) is 2.32. The van der Waals surface area contributed by atoms with Crippen molar-refractivity contribution in [1.82, 2.24) is 9.66 Å². The number of imidazole rings is 1. The van der Waals surface area contributed by atoms with Gasteiger partial charge in [0.1, 0.15) is 0 Å². The van der Waals surface area contributed by atoms with Crippen LogP contribution in [0.4, 0.5) is 5.95 Å². The van der Waals surface area contributed by atoms with Gasteiger partial charge < -0.3 is 11.6 Å². The van der Waals surface area contributed by atoms with Crippen LogP contribution in [0.3, 0.4) is 0 Å². The first-order valence-electron chi connectivity index (χ1n) is 4.10. The SMILES string of the molecule is Cc1cc2nc(N)n(N)c2cc1C. The van der Waals surface area contributed by atoms with Gasteiger partial charge in [0.25, 0.3) is 0 Å². The van der Waals surface area contributed by atoms with Gasteiger partial charge in [-0.15, -0.1) is 0 Å². The first-order chi connectivity index (χ1) is 6.09. The molecule has 0 aliphatic heterocycles. The quantitative estimate of drug-likeness (QED) is 0.587. The minimum atomic E-state index is 0.347. The van der Waals surface area contributed by atoms with E-state index in [4.69, 9.17) is 11.6 Å². The van der Waals surface area contributed by atoms with Crippen molar-refractivity contribution in [3.8, 4) is 0 Å². The molecule has 1 aromatic heterocycles. The lowest BCUT2D eigenvalue weighted by molar-refractivity contribution is 1.05. The Kier molecular flexibility index (Phi) is 1.45. The van der Waals surface area contributed by atoms with Crippen LogP contribution < -0.4 is 11.6 Å². The van der Waals surface area contributed by atoms with Gasteiger partial charge in [0, 0.05) is 0 Å². The fourth-order valence-corrected chi connectivity index (χ4v) is 1.37. The lowest BCUT2D eigenvalue weighted by atomic mass is 10.1. The number of nitrogen functional groups attached to an aromatic ring is 2. The lowest BCUT2D eigenvalue weighted by Crippen LogP contribution is -2.11. The zero-order valence-corrected chi connectivity index (χ0v) is 7.70. The van der Waals surface area contributed by atoms with Gasteiger partial charge in [-0.1, -0.05) is 0 Å². The van der Waals surface area contributed by atoms with Crippen molar-refractivity contribution in [3.63, 3.8) is 0 Å². The zero-order valence-electron chi connectivity index (χ0n) is 7.70. The van der Waals surface area contributed by atoms with Gasteiger partial charge >= 0.3 is 0 Å². The number of benzene rings is 1. The molecule has 0 atom stereocenters. The predicted molar refractivity (Wildman–Crippen MR) is 53.8 cm³/mol. The number of anilines is 1. The van der Waals surface area contributed by atoms with Crippen LogP contribution >= 0.6 is 0 Å². The Labute approximate surface area is 76.1 Å². The first kappa shape index (κ1) is 7.91. The smallest absolute Gasteiger partial charge is 0.220 e. The number of aryl methyl sites for hydroxylation is 2. The van der Waals surface area contributed by atoms with Crippen LogP contribution in [0.25, 0.3) is 11.0 Å². The Bertz CT molecular complexity index is 470. The Morgan fingerprint density at radius 2 is 1.85 bits per heavy atom. The van der Waals surface area contributed by atoms with Gasteiger partial charge in [0.15, 0.2) is 0 Å². The Morgan fingerprint density at radius 1 is 1.23 bits per heavy atom. The number of rotatable bonds is 0. The molecule has 13 heavy (non-hydrogen) atoms. The Hall–Kier alpha value is -1.71. The van der Waals surface area contributed by atoms with Gasteiger partial charge in [0.2, 0.25) is 5.95 Å². The molecule has 0 radical (unpaired) electrons. The van der Waals surface area contributed by atoms with Crippen LogP contribution in [0.1, 0.15) is 11.1 Å². The van der Waals surface area contributed by atoms with E-state index in [1.165, 1.54) is 15.8 Å². The molecule has 0 bridgehead atoms. The van der Waals surface area contributed by atoms with Crippen LogP contribution in [-0.2, 0) is 0 Å². The molecule has 0 saturated carbocycles. The van der Waals surface area contributed by atoms with Gasteiger partial charge in [-0.3, -0.25) is 0 Å². The molecule has 0 unspecified atom stereocenters. The molecule has 2 aromatic rings. The summed E-state index contributed by atoms with van der Waals surface area (Å²) in [5.74, 6) is 6.03. The second-order valence-electron chi connectivity index (χ2n) is 3.27. The highest BCUT2D eigenvalue weighted by molar-refractivity contribution is 5.80. The molecular weight excluding hydrogens is 164 g/mol. The third kappa shape index (κ3) is 1.02. The summed E-state index contributed by atoms with van der Waals surface area (Å²) in [6.45, 7) is 4.08. The second-order valence-corrected chi connectivity index (χ2v) is 3.27. The topological polar surface area (TPSA) is 69.9 Å². The maximum Gasteiger partial charge on any atom is 0.220 e. The van der Waals surface area contributed by atoms with Gasteiger partial charge in [-0.05, 0) is 37.1 Å². The van der Waals surface area contributed by atoms with E-state index in [-0.39, 0.29) is 0 Å². The molecule has 0 amide bonds. The predicted octanol–water partition coefficient (Wildman–Crippen LogP) is 0.949. The molecule has 0 spiro atoms. The summed E-state index contributed by atoms with van der Waals surface area (Å²) in [6, 6.07) is 3.98. The largest absolute Gasteiger partial charge is 0.368 e. The third-order valence-corrected chi connectivity index (χ3v) is 2.33. The number of fused-ring (bicyclic) bond motifs is 1. The van der Waals surface area contributed by atoms with Gasteiger partial charge in [0.05, 0.1) is 11.0 Å². The maximum absolute atomic E-state index is 5.69. The Morgan fingerprint density at radius 3 is 2.54 bits per heavy atom. The summed E-state index contributed by atoms with van der Waals surface area (Å²) in [7, 11) is 0. The number of hydrogen-bond acceptors (Lipinski definition) is 3. The molecule has 4 N–H and O–H groups in total. The van der Waals surface area contributed by atoms with Crippen LogP contribution in [0.2, 0.25) is 0 Å². The molecule has 0 aliphatic carbocycles. The van der Waals surface area contributed by atoms with Gasteiger partial charge in [-0.25, -0.2) is 9.66 Å². The monoisotopic (exact) mass is 176 g/mol. The molecule has 2 rings (SSSR count). The van der Waals surface area contributed by atoms with E-state index in [0.717, 1.165) is 11.0 Å². The van der Waals surface area contributed by atoms with Crippen molar-refractivity contribution in [1.29, 1.82) is 0 Å². The van der Waals surface area contributed by atoms with Crippen LogP contribution in [0.15, 0.2) is 12.1 Å². The summed E-state index contributed by atoms with van der Waals surface area (Å²) in [5.41, 5.74) is 9.70. The van der Waals surface area contributed by atoms with E-state index >= 15 is 0 Å². The molecule has 4 heteroatoms. The normalized spacial score (nSPS) is 10.9. The van der Waals surface area contributed by atoms with Gasteiger partial charge in [-0.2, -0.15) is 0 Å². The average molecular weight is 176 g/mol. The molecule has 0 saturated heterocycles. The Balaban J connectivity index is 2.89. The van der Waals surface area contributed by atoms with E-state index in [1.54, 1.807) is 0 Å². The molecule has 1 aromatic carbocycles. The molecule has 68 valence electrons. The first-order valence-corrected chi connectivity index (χ1v) is 4.10. The summed E-state index contributed by atoms with van der Waals surface area (Å²) < 4.78 is 1.40. The second kappa shape index (κ2) is 2.39. The zero-order chi connectivity index (χ0) is 9.59. The van der Waals surface area contributed by atoms with Crippen LogP contribution in [0.5, 0.6) is 0 Å². The summed E-state index contributed by atoms with van der Waals surface area (Å²) in [4.78, 5) is 4.13. The minimum Gasteiger partial charge on any atom is -0.368 e. The molecule has 1 heterocycles. The van der Waals surface area contributed by atoms with E-state index in [1.807, 2.05) is 26.0 Å². The lowest BCUT2D eigenvalue weighted by Gasteiger charge is -2.00. The fraction of sp³-hybridized carbons (Fsp3) is 0.222. The standard InChI is InChI=1S/C9H12N4/c1-5-3-7-8(4-6(5)2)13(11)9(10)12-7/h3-4H,11H2,1-2H3,(H2,10,12). The number of aromatic nitrogens is 2. The molecular formula is C9H12N4. The number of hydrogen-bond donors (Lipinski definition) is 2. The fourth-order valence-electron chi connectivity index (χ4n) is 1.37. The summed E-state index contributed by atoms with van der Waals surface area (Å²) >= 11 is 0. The van der Waals surface area contributed by atoms with E-state index in [0.29, 0.717) is 5.95 Å². The van der Waals surface area contributed by atoms with Crippen molar-refractivity contribution < 1.29 is 0 Å². The minimum absolute atomic E-state index is 0.347. The van der Waals surface area contributed by atoms with E-state index < -0.39 is 0 Å². The number of nitrogens with zero attached hydrogens (tertiary/aromatic N) is 2. The highest BCUT2D eigenvalue weighted by Gasteiger charge is 2.06. The maximum atomic E-state index is 5.69. The highest BCUT2D eigenvalue weighted by atomic mass is 15.4. The molecule has 4 nitrogen and oxygen atoms in total.